The SMILES string of the molecule is CCNC(=NCc1ccc(-c2ccc(OC)cc2)s1)NC1CCC(O)CC1.I. The van der Waals surface area contributed by atoms with Gasteiger partial charge in [-0.05, 0) is 74.6 Å². The van der Waals surface area contributed by atoms with Gasteiger partial charge in [0.2, 0.25) is 0 Å². The van der Waals surface area contributed by atoms with Crippen molar-refractivity contribution in [3.63, 3.8) is 0 Å². The highest BCUT2D eigenvalue weighted by molar-refractivity contribution is 14.0. The highest BCUT2D eigenvalue weighted by Crippen LogP contribution is 2.29. The van der Waals surface area contributed by atoms with Crippen molar-refractivity contribution in [2.45, 2.75) is 51.3 Å². The Balaban J connectivity index is 0.00000280. The van der Waals surface area contributed by atoms with Crippen LogP contribution in [0.15, 0.2) is 41.4 Å². The maximum atomic E-state index is 9.66. The van der Waals surface area contributed by atoms with E-state index in [0.29, 0.717) is 12.6 Å². The van der Waals surface area contributed by atoms with Gasteiger partial charge in [-0.2, -0.15) is 0 Å². The van der Waals surface area contributed by atoms with Crippen LogP contribution in [0.3, 0.4) is 0 Å². The number of thiophene rings is 1. The van der Waals surface area contributed by atoms with Gasteiger partial charge in [0, 0.05) is 22.3 Å². The van der Waals surface area contributed by atoms with E-state index in [9.17, 15) is 5.11 Å². The fraction of sp³-hybridized carbons (Fsp3) is 0.476. The summed E-state index contributed by atoms with van der Waals surface area (Å²) in [6.45, 7) is 3.57. The number of hydrogen-bond donors (Lipinski definition) is 3. The Bertz CT molecular complexity index is 740. The molecule has 1 fully saturated rings. The van der Waals surface area contributed by atoms with E-state index in [4.69, 9.17) is 9.73 Å². The van der Waals surface area contributed by atoms with E-state index in [1.807, 2.05) is 12.1 Å². The number of aliphatic hydroxyl groups excluding tert-OH is 1. The Hall–Kier alpha value is -1.32. The average molecular weight is 515 g/mol. The standard InChI is InChI=1S/C21H29N3O2S.HI/c1-3-22-21(24-16-6-8-17(25)9-7-16)23-14-19-12-13-20(27-19)15-4-10-18(26-2)11-5-15;/h4-5,10-13,16-17,25H,3,6-9,14H2,1-2H3,(H2,22,23,24);1H. The second kappa shape index (κ2) is 11.6. The van der Waals surface area contributed by atoms with E-state index in [1.165, 1.54) is 15.3 Å². The molecule has 1 aromatic carbocycles. The lowest BCUT2D eigenvalue weighted by molar-refractivity contribution is 0.120. The molecule has 0 bridgehead atoms. The third-order valence-electron chi connectivity index (χ3n) is 4.81. The smallest absolute Gasteiger partial charge is 0.191 e. The average Bonchev–Trinajstić information content (AvgIpc) is 3.17. The number of ether oxygens (including phenoxy) is 1. The fourth-order valence-electron chi connectivity index (χ4n) is 3.26. The molecule has 1 saturated carbocycles. The van der Waals surface area contributed by atoms with Gasteiger partial charge in [-0.1, -0.05) is 0 Å². The Kier molecular flexibility index (Phi) is 9.53. The van der Waals surface area contributed by atoms with E-state index >= 15 is 0 Å². The molecule has 1 aliphatic rings. The number of nitrogens with one attached hydrogen (secondary N) is 2. The van der Waals surface area contributed by atoms with Crippen LogP contribution >= 0.6 is 35.3 Å². The molecular formula is C21H30IN3O2S. The van der Waals surface area contributed by atoms with Crippen LogP contribution in [-0.2, 0) is 6.54 Å². The second-order valence-electron chi connectivity index (χ2n) is 6.84. The van der Waals surface area contributed by atoms with E-state index in [-0.39, 0.29) is 30.1 Å². The lowest BCUT2D eigenvalue weighted by atomic mass is 9.93. The number of aliphatic hydroxyl groups is 1. The topological polar surface area (TPSA) is 65.9 Å². The van der Waals surface area contributed by atoms with Crippen molar-refractivity contribution >= 4 is 41.3 Å². The van der Waals surface area contributed by atoms with Crippen molar-refractivity contribution in [3.8, 4) is 16.2 Å². The number of guanidine groups is 1. The van der Waals surface area contributed by atoms with Gasteiger partial charge in [-0.3, -0.25) is 0 Å². The van der Waals surface area contributed by atoms with Crippen molar-refractivity contribution in [1.29, 1.82) is 0 Å². The first-order valence-electron chi connectivity index (χ1n) is 9.64. The van der Waals surface area contributed by atoms with Gasteiger partial charge in [0.25, 0.3) is 0 Å². The summed E-state index contributed by atoms with van der Waals surface area (Å²) in [5, 5.41) is 16.5. The van der Waals surface area contributed by atoms with E-state index in [0.717, 1.165) is 43.9 Å². The molecule has 1 aliphatic carbocycles. The van der Waals surface area contributed by atoms with Gasteiger partial charge in [0.1, 0.15) is 5.75 Å². The van der Waals surface area contributed by atoms with E-state index < -0.39 is 0 Å². The fourth-order valence-corrected chi connectivity index (χ4v) is 4.20. The Labute approximate surface area is 188 Å². The molecule has 5 nitrogen and oxygen atoms in total. The minimum Gasteiger partial charge on any atom is -0.497 e. The van der Waals surface area contributed by atoms with E-state index in [1.54, 1.807) is 18.4 Å². The number of halogens is 1. The molecule has 0 unspecified atom stereocenters. The van der Waals surface area contributed by atoms with Gasteiger partial charge in [-0.15, -0.1) is 35.3 Å². The summed E-state index contributed by atoms with van der Waals surface area (Å²) in [5.41, 5.74) is 1.20. The van der Waals surface area contributed by atoms with Gasteiger partial charge < -0.3 is 20.5 Å². The maximum Gasteiger partial charge on any atom is 0.191 e. The number of nitrogens with zero attached hydrogens (tertiary/aromatic N) is 1. The predicted molar refractivity (Wildman–Crippen MR) is 128 cm³/mol. The molecular weight excluding hydrogens is 485 g/mol. The number of methoxy groups -OCH3 is 1. The van der Waals surface area contributed by atoms with Gasteiger partial charge in [0.15, 0.2) is 5.96 Å². The van der Waals surface area contributed by atoms with Crippen LogP contribution in [0.2, 0.25) is 0 Å². The molecule has 1 heterocycles. The van der Waals surface area contributed by atoms with Gasteiger partial charge in [0.05, 0.1) is 19.8 Å². The zero-order chi connectivity index (χ0) is 19.1. The van der Waals surface area contributed by atoms with Crippen LogP contribution in [0, 0.1) is 0 Å². The summed E-state index contributed by atoms with van der Waals surface area (Å²) in [4.78, 5) is 7.23. The summed E-state index contributed by atoms with van der Waals surface area (Å²) < 4.78 is 5.22. The number of aliphatic imine (C=N–C) groups is 1. The van der Waals surface area contributed by atoms with Gasteiger partial charge in [-0.25, -0.2) is 4.99 Å². The van der Waals surface area contributed by atoms with E-state index in [2.05, 4.69) is 41.8 Å². The third kappa shape index (κ3) is 6.63. The maximum absolute atomic E-state index is 9.66. The Morgan fingerprint density at radius 1 is 1.14 bits per heavy atom. The lowest BCUT2D eigenvalue weighted by Gasteiger charge is -2.27. The molecule has 3 rings (SSSR count). The van der Waals surface area contributed by atoms with Crippen molar-refractivity contribution in [2.75, 3.05) is 13.7 Å². The number of hydrogen-bond acceptors (Lipinski definition) is 4. The van der Waals surface area contributed by atoms with Crippen LogP contribution in [-0.4, -0.2) is 36.9 Å². The molecule has 0 saturated heterocycles. The number of benzene rings is 1. The summed E-state index contributed by atoms with van der Waals surface area (Å²) in [7, 11) is 1.68. The van der Waals surface area contributed by atoms with Crippen LogP contribution in [0.4, 0.5) is 0 Å². The first-order chi connectivity index (χ1) is 13.2. The molecule has 1 aromatic heterocycles. The molecule has 28 heavy (non-hydrogen) atoms. The third-order valence-corrected chi connectivity index (χ3v) is 5.93. The van der Waals surface area contributed by atoms with Crippen molar-refractivity contribution in [2.24, 2.45) is 4.99 Å². The van der Waals surface area contributed by atoms with Gasteiger partial charge >= 0.3 is 0 Å². The molecule has 0 spiro atoms. The largest absolute Gasteiger partial charge is 0.497 e. The quantitative estimate of drug-likeness (QED) is 0.303. The normalized spacial score (nSPS) is 19.6. The highest BCUT2D eigenvalue weighted by atomic mass is 127. The monoisotopic (exact) mass is 515 g/mol. The summed E-state index contributed by atoms with van der Waals surface area (Å²) in [6.07, 6.45) is 3.59. The molecule has 2 aromatic rings. The Morgan fingerprint density at radius 2 is 1.86 bits per heavy atom. The summed E-state index contributed by atoms with van der Waals surface area (Å²) in [5.74, 6) is 1.73. The zero-order valence-electron chi connectivity index (χ0n) is 16.5. The molecule has 0 aliphatic heterocycles. The van der Waals surface area contributed by atoms with Crippen molar-refractivity contribution < 1.29 is 9.84 Å². The summed E-state index contributed by atoms with van der Waals surface area (Å²) in [6, 6.07) is 12.8. The number of rotatable bonds is 6. The molecule has 7 heteroatoms. The minimum atomic E-state index is -0.134. The second-order valence-corrected chi connectivity index (χ2v) is 8.01. The van der Waals surface area contributed by atoms with Crippen LogP contribution < -0.4 is 15.4 Å². The predicted octanol–water partition coefficient (Wildman–Crippen LogP) is 4.40. The van der Waals surface area contributed by atoms with Crippen LogP contribution in [0.1, 0.15) is 37.5 Å². The molecule has 3 N–H and O–H groups in total. The molecule has 154 valence electrons. The minimum absolute atomic E-state index is 0. The van der Waals surface area contributed by atoms with Crippen molar-refractivity contribution in [3.05, 3.63) is 41.3 Å². The molecule has 0 atom stereocenters. The Morgan fingerprint density at radius 3 is 2.50 bits per heavy atom. The molecule has 0 amide bonds. The first-order valence-corrected chi connectivity index (χ1v) is 10.5. The highest BCUT2D eigenvalue weighted by Gasteiger charge is 2.19. The van der Waals surface area contributed by atoms with Crippen LogP contribution in [0.25, 0.3) is 10.4 Å². The summed E-state index contributed by atoms with van der Waals surface area (Å²) >= 11 is 1.77. The lowest BCUT2D eigenvalue weighted by Crippen LogP contribution is -2.45. The zero-order valence-corrected chi connectivity index (χ0v) is 19.6. The van der Waals surface area contributed by atoms with Crippen molar-refractivity contribution in [1.82, 2.24) is 10.6 Å². The molecule has 0 radical (unpaired) electrons. The van der Waals surface area contributed by atoms with Crippen LogP contribution in [0.5, 0.6) is 5.75 Å². The first kappa shape index (κ1) is 23.0.